The number of ether oxygens (including phenoxy) is 1. The van der Waals surface area contributed by atoms with Gasteiger partial charge in [0, 0.05) is 18.7 Å². The summed E-state index contributed by atoms with van der Waals surface area (Å²) in [6, 6.07) is 9.18. The van der Waals surface area contributed by atoms with Gasteiger partial charge in [-0.3, -0.25) is 0 Å². The third-order valence-electron chi connectivity index (χ3n) is 3.37. The lowest BCUT2D eigenvalue weighted by Gasteiger charge is -2.15. The number of nitrogens with one attached hydrogen (secondary N) is 2. The second kappa shape index (κ2) is 9.30. The minimum Gasteiger partial charge on any atom is -0.493 e. The average Bonchev–Trinajstić information content (AvgIpc) is 3.11. The first-order valence-corrected chi connectivity index (χ1v) is 8.93. The molecule has 0 aliphatic carbocycles. The lowest BCUT2D eigenvalue weighted by Crippen LogP contribution is -2.37. The minimum atomic E-state index is -0.691. The summed E-state index contributed by atoms with van der Waals surface area (Å²) in [5, 5.41) is 19.2. The molecule has 1 heterocycles. The van der Waals surface area contributed by atoms with Gasteiger partial charge in [-0.2, -0.15) is 11.3 Å². The Morgan fingerprint density at radius 1 is 1.25 bits per heavy atom. The summed E-state index contributed by atoms with van der Waals surface area (Å²) in [4.78, 5) is 11.9. The number of urea groups is 1. The fourth-order valence-corrected chi connectivity index (χ4v) is 2.76. The Bertz CT molecular complexity index is 629. The lowest BCUT2D eigenvalue weighted by atomic mass is 10.2. The van der Waals surface area contributed by atoms with Crippen LogP contribution in [0.5, 0.6) is 5.75 Å². The van der Waals surface area contributed by atoms with Crippen molar-refractivity contribution in [3.63, 3.8) is 0 Å². The zero-order valence-electron chi connectivity index (χ0n) is 14.0. The normalized spacial score (nSPS) is 12.0. The predicted octanol–water partition coefficient (Wildman–Crippen LogP) is 3.32. The first-order valence-electron chi connectivity index (χ1n) is 7.99. The van der Waals surface area contributed by atoms with Gasteiger partial charge in [-0.05, 0) is 34.4 Å². The van der Waals surface area contributed by atoms with Crippen LogP contribution >= 0.6 is 11.3 Å². The molecule has 0 saturated carbocycles. The van der Waals surface area contributed by atoms with E-state index in [1.54, 1.807) is 0 Å². The highest BCUT2D eigenvalue weighted by molar-refractivity contribution is 7.07. The van der Waals surface area contributed by atoms with E-state index in [0.717, 1.165) is 16.9 Å². The monoisotopic (exact) mass is 348 g/mol. The summed E-state index contributed by atoms with van der Waals surface area (Å²) in [7, 11) is 0. The quantitative estimate of drug-likeness (QED) is 0.685. The maximum Gasteiger partial charge on any atom is 0.315 e. The van der Waals surface area contributed by atoms with Crippen molar-refractivity contribution in [1.82, 2.24) is 10.6 Å². The van der Waals surface area contributed by atoms with E-state index in [9.17, 15) is 9.90 Å². The van der Waals surface area contributed by atoms with Crippen LogP contribution in [0.4, 0.5) is 4.79 Å². The molecule has 2 amide bonds. The van der Waals surface area contributed by atoms with Gasteiger partial charge in [-0.15, -0.1) is 0 Å². The lowest BCUT2D eigenvalue weighted by molar-refractivity contribution is 0.173. The Balaban J connectivity index is 1.79. The third kappa shape index (κ3) is 5.86. The molecule has 1 unspecified atom stereocenters. The highest BCUT2D eigenvalue weighted by atomic mass is 32.1. The van der Waals surface area contributed by atoms with E-state index < -0.39 is 6.10 Å². The van der Waals surface area contributed by atoms with E-state index in [-0.39, 0.29) is 12.6 Å². The number of rotatable bonds is 8. The molecular weight excluding hydrogens is 324 g/mol. The maximum atomic E-state index is 11.9. The second-order valence-corrected chi connectivity index (χ2v) is 6.73. The van der Waals surface area contributed by atoms with E-state index >= 15 is 0 Å². The fraction of sp³-hybridized carbons (Fsp3) is 0.389. The molecule has 0 aliphatic rings. The van der Waals surface area contributed by atoms with Crippen molar-refractivity contribution in [2.45, 2.75) is 26.5 Å². The molecule has 2 rings (SSSR count). The molecule has 0 spiro atoms. The van der Waals surface area contributed by atoms with Gasteiger partial charge in [0.05, 0.1) is 12.7 Å². The van der Waals surface area contributed by atoms with Crippen molar-refractivity contribution in [1.29, 1.82) is 0 Å². The number of thiophene rings is 1. The van der Waals surface area contributed by atoms with Gasteiger partial charge in [0.1, 0.15) is 5.75 Å². The Morgan fingerprint density at radius 2 is 2.04 bits per heavy atom. The Hall–Kier alpha value is -2.05. The van der Waals surface area contributed by atoms with Crippen molar-refractivity contribution in [3.8, 4) is 5.75 Å². The smallest absolute Gasteiger partial charge is 0.315 e. The molecule has 0 aliphatic heterocycles. The van der Waals surface area contributed by atoms with Gasteiger partial charge in [0.25, 0.3) is 0 Å². The zero-order valence-corrected chi connectivity index (χ0v) is 14.8. The van der Waals surface area contributed by atoms with Crippen LogP contribution < -0.4 is 15.4 Å². The number of carbonyl (C=O) groups is 1. The summed E-state index contributed by atoms with van der Waals surface area (Å²) in [5.41, 5.74) is 1.74. The molecule has 3 N–H and O–H groups in total. The summed E-state index contributed by atoms with van der Waals surface area (Å²) in [5.74, 6) is 1.22. The third-order valence-corrected chi connectivity index (χ3v) is 4.07. The molecule has 1 atom stereocenters. The average molecular weight is 348 g/mol. The van der Waals surface area contributed by atoms with Gasteiger partial charge in [0.2, 0.25) is 0 Å². The number of carbonyl (C=O) groups excluding carboxylic acids is 1. The van der Waals surface area contributed by atoms with Crippen LogP contribution in [0.1, 0.15) is 31.1 Å². The van der Waals surface area contributed by atoms with Gasteiger partial charge in [-0.25, -0.2) is 4.79 Å². The van der Waals surface area contributed by atoms with Crippen LogP contribution in [-0.2, 0) is 6.54 Å². The number of hydrogen-bond acceptors (Lipinski definition) is 4. The molecule has 0 saturated heterocycles. The first-order chi connectivity index (χ1) is 11.6. The summed E-state index contributed by atoms with van der Waals surface area (Å²) < 4.78 is 5.77. The largest absolute Gasteiger partial charge is 0.493 e. The number of aliphatic hydroxyl groups excluding tert-OH is 1. The fourth-order valence-electron chi connectivity index (χ4n) is 2.06. The van der Waals surface area contributed by atoms with Crippen LogP contribution in [0.25, 0.3) is 0 Å². The number of amides is 2. The Kier molecular flexibility index (Phi) is 7.08. The molecule has 0 bridgehead atoms. The SMILES string of the molecule is CC(C)COc1ccccc1CNC(=O)NCC(O)c1ccsc1. The zero-order chi connectivity index (χ0) is 17.4. The van der Waals surface area contributed by atoms with Crippen molar-refractivity contribution in [3.05, 3.63) is 52.2 Å². The van der Waals surface area contributed by atoms with Crippen LogP contribution in [-0.4, -0.2) is 24.3 Å². The molecule has 0 radical (unpaired) electrons. The van der Waals surface area contributed by atoms with Gasteiger partial charge in [0.15, 0.2) is 0 Å². The first kappa shape index (κ1) is 18.3. The highest BCUT2D eigenvalue weighted by Crippen LogP contribution is 2.18. The number of para-hydroxylation sites is 1. The maximum absolute atomic E-state index is 11.9. The standard InChI is InChI=1S/C18H24N2O3S/c1-13(2)11-23-17-6-4-3-5-14(17)9-19-18(22)20-10-16(21)15-7-8-24-12-15/h3-8,12-13,16,21H,9-11H2,1-2H3,(H2,19,20,22). The molecular formula is C18H24N2O3S. The number of hydrogen-bond donors (Lipinski definition) is 3. The summed E-state index contributed by atoms with van der Waals surface area (Å²) in [6.45, 7) is 5.36. The summed E-state index contributed by atoms with van der Waals surface area (Å²) in [6.07, 6.45) is -0.691. The van der Waals surface area contributed by atoms with Gasteiger partial charge >= 0.3 is 6.03 Å². The predicted molar refractivity (Wildman–Crippen MR) is 96.3 cm³/mol. The van der Waals surface area contributed by atoms with E-state index in [0.29, 0.717) is 19.1 Å². The van der Waals surface area contributed by atoms with Crippen molar-refractivity contribution in [2.24, 2.45) is 5.92 Å². The van der Waals surface area contributed by atoms with Crippen molar-refractivity contribution in [2.75, 3.05) is 13.2 Å². The molecule has 5 nitrogen and oxygen atoms in total. The van der Waals surface area contributed by atoms with E-state index in [1.165, 1.54) is 11.3 Å². The molecule has 1 aromatic heterocycles. The van der Waals surface area contributed by atoms with Gasteiger partial charge in [-0.1, -0.05) is 32.0 Å². The molecule has 6 heteroatoms. The molecule has 1 aromatic carbocycles. The van der Waals surface area contributed by atoms with Gasteiger partial charge < -0.3 is 20.5 Å². The Labute approximate surface area is 146 Å². The topological polar surface area (TPSA) is 70.6 Å². The van der Waals surface area contributed by atoms with E-state index in [4.69, 9.17) is 4.74 Å². The second-order valence-electron chi connectivity index (χ2n) is 5.95. The minimum absolute atomic E-state index is 0.175. The number of aliphatic hydroxyl groups is 1. The molecule has 0 fully saturated rings. The van der Waals surface area contributed by atoms with Crippen LogP contribution in [0.2, 0.25) is 0 Å². The van der Waals surface area contributed by atoms with Crippen molar-refractivity contribution >= 4 is 17.4 Å². The van der Waals surface area contributed by atoms with Crippen LogP contribution in [0.3, 0.4) is 0 Å². The van der Waals surface area contributed by atoms with Crippen LogP contribution in [0.15, 0.2) is 41.1 Å². The molecule has 130 valence electrons. The van der Waals surface area contributed by atoms with E-state index in [2.05, 4.69) is 24.5 Å². The molecule has 2 aromatic rings. The highest BCUT2D eigenvalue weighted by Gasteiger charge is 2.10. The number of benzene rings is 1. The van der Waals surface area contributed by atoms with Crippen molar-refractivity contribution < 1.29 is 14.6 Å². The molecule has 24 heavy (non-hydrogen) atoms. The summed E-state index contributed by atoms with van der Waals surface area (Å²) >= 11 is 1.52. The Morgan fingerprint density at radius 3 is 2.75 bits per heavy atom. The van der Waals surface area contributed by atoms with Crippen LogP contribution in [0, 0.1) is 5.92 Å². The van der Waals surface area contributed by atoms with E-state index in [1.807, 2.05) is 41.1 Å².